The Hall–Kier alpha value is -1.48. The standard InChI is InChI=1S/C13H14ClNO2/c1-17-12-8-9(14)6-7-11(12)13(16)15-10-4-2-3-5-10/h2,4,6-8,10H,3,5H2,1H3,(H,15,16). The molecular weight excluding hydrogens is 238 g/mol. The predicted octanol–water partition coefficient (Wildman–Crippen LogP) is 2.80. The van der Waals surface area contributed by atoms with Gasteiger partial charge in [0.05, 0.1) is 12.7 Å². The van der Waals surface area contributed by atoms with Crippen molar-refractivity contribution in [1.29, 1.82) is 0 Å². The summed E-state index contributed by atoms with van der Waals surface area (Å²) < 4.78 is 5.15. The zero-order valence-electron chi connectivity index (χ0n) is 9.57. The average molecular weight is 252 g/mol. The number of hydrogen-bond donors (Lipinski definition) is 1. The summed E-state index contributed by atoms with van der Waals surface area (Å²) in [6.45, 7) is 0. The lowest BCUT2D eigenvalue weighted by atomic mass is 10.1. The Morgan fingerprint density at radius 3 is 3.00 bits per heavy atom. The smallest absolute Gasteiger partial charge is 0.255 e. The van der Waals surface area contributed by atoms with Crippen molar-refractivity contribution < 1.29 is 9.53 Å². The van der Waals surface area contributed by atoms with Crippen molar-refractivity contribution in [2.24, 2.45) is 0 Å². The number of carbonyl (C=O) groups is 1. The Balaban J connectivity index is 2.15. The average Bonchev–Trinajstić information content (AvgIpc) is 2.81. The monoisotopic (exact) mass is 251 g/mol. The first-order chi connectivity index (χ1) is 8.20. The third-order valence-corrected chi connectivity index (χ3v) is 2.97. The summed E-state index contributed by atoms with van der Waals surface area (Å²) >= 11 is 5.85. The van der Waals surface area contributed by atoms with Crippen LogP contribution in [0, 0.1) is 0 Å². The maximum atomic E-state index is 12.0. The first-order valence-corrected chi connectivity index (χ1v) is 5.89. The number of allylic oxidation sites excluding steroid dienone is 1. The third-order valence-electron chi connectivity index (χ3n) is 2.74. The number of ether oxygens (including phenoxy) is 1. The van der Waals surface area contributed by atoms with Gasteiger partial charge in [-0.3, -0.25) is 4.79 Å². The van der Waals surface area contributed by atoms with E-state index in [9.17, 15) is 4.79 Å². The molecule has 1 aliphatic carbocycles. The quantitative estimate of drug-likeness (QED) is 0.839. The number of nitrogens with one attached hydrogen (secondary N) is 1. The molecule has 1 unspecified atom stereocenters. The van der Waals surface area contributed by atoms with Gasteiger partial charge in [0.2, 0.25) is 0 Å². The molecule has 0 radical (unpaired) electrons. The van der Waals surface area contributed by atoms with Crippen molar-refractivity contribution in [1.82, 2.24) is 5.32 Å². The second-order valence-corrected chi connectivity index (χ2v) is 4.37. The minimum Gasteiger partial charge on any atom is -0.496 e. The van der Waals surface area contributed by atoms with E-state index in [4.69, 9.17) is 16.3 Å². The van der Waals surface area contributed by atoms with Crippen LogP contribution in [0.1, 0.15) is 23.2 Å². The van der Waals surface area contributed by atoms with Gasteiger partial charge in [-0.15, -0.1) is 0 Å². The number of amides is 1. The van der Waals surface area contributed by atoms with E-state index in [1.54, 1.807) is 18.2 Å². The van der Waals surface area contributed by atoms with Crippen molar-refractivity contribution >= 4 is 17.5 Å². The van der Waals surface area contributed by atoms with Crippen LogP contribution in [-0.4, -0.2) is 19.1 Å². The number of carbonyl (C=O) groups excluding carboxylic acids is 1. The molecule has 0 aromatic heterocycles. The lowest BCUT2D eigenvalue weighted by Crippen LogP contribution is -2.32. The summed E-state index contributed by atoms with van der Waals surface area (Å²) in [6, 6.07) is 5.13. The van der Waals surface area contributed by atoms with E-state index < -0.39 is 0 Å². The molecule has 0 aliphatic heterocycles. The Morgan fingerprint density at radius 2 is 2.35 bits per heavy atom. The lowest BCUT2D eigenvalue weighted by molar-refractivity contribution is 0.0941. The SMILES string of the molecule is COc1cc(Cl)ccc1C(=O)NC1C=CCC1. The van der Waals surface area contributed by atoms with Gasteiger partial charge in [-0.1, -0.05) is 23.8 Å². The van der Waals surface area contributed by atoms with Crippen LogP contribution in [0.15, 0.2) is 30.4 Å². The van der Waals surface area contributed by atoms with E-state index in [2.05, 4.69) is 11.4 Å². The summed E-state index contributed by atoms with van der Waals surface area (Å²) in [4.78, 5) is 12.0. The van der Waals surface area contributed by atoms with Gasteiger partial charge in [0.15, 0.2) is 0 Å². The fourth-order valence-electron chi connectivity index (χ4n) is 1.85. The molecule has 1 atom stereocenters. The lowest BCUT2D eigenvalue weighted by Gasteiger charge is -2.13. The van der Waals surface area contributed by atoms with Crippen molar-refractivity contribution in [2.75, 3.05) is 7.11 Å². The molecule has 1 N–H and O–H groups in total. The zero-order chi connectivity index (χ0) is 12.3. The highest BCUT2D eigenvalue weighted by Gasteiger charge is 2.17. The van der Waals surface area contributed by atoms with E-state index in [1.807, 2.05) is 6.08 Å². The van der Waals surface area contributed by atoms with E-state index in [1.165, 1.54) is 7.11 Å². The summed E-state index contributed by atoms with van der Waals surface area (Å²) in [6.07, 6.45) is 6.06. The topological polar surface area (TPSA) is 38.3 Å². The molecule has 2 rings (SSSR count). The molecule has 0 fully saturated rings. The van der Waals surface area contributed by atoms with Crippen LogP contribution in [0.5, 0.6) is 5.75 Å². The van der Waals surface area contributed by atoms with Crippen LogP contribution in [0.2, 0.25) is 5.02 Å². The van der Waals surface area contributed by atoms with E-state index in [0.29, 0.717) is 16.3 Å². The van der Waals surface area contributed by atoms with Crippen molar-refractivity contribution in [2.45, 2.75) is 18.9 Å². The maximum Gasteiger partial charge on any atom is 0.255 e. The van der Waals surface area contributed by atoms with E-state index in [-0.39, 0.29) is 11.9 Å². The van der Waals surface area contributed by atoms with Gasteiger partial charge in [0.25, 0.3) is 5.91 Å². The number of rotatable bonds is 3. The van der Waals surface area contributed by atoms with Gasteiger partial charge in [0.1, 0.15) is 5.75 Å². The summed E-state index contributed by atoms with van der Waals surface area (Å²) in [5.74, 6) is 0.368. The molecule has 1 aromatic rings. The van der Waals surface area contributed by atoms with Crippen LogP contribution >= 0.6 is 11.6 Å². The molecule has 0 saturated carbocycles. The fraction of sp³-hybridized carbons (Fsp3) is 0.308. The molecule has 0 heterocycles. The highest BCUT2D eigenvalue weighted by atomic mass is 35.5. The van der Waals surface area contributed by atoms with Gasteiger partial charge in [-0.25, -0.2) is 0 Å². The second kappa shape index (κ2) is 5.23. The predicted molar refractivity (Wildman–Crippen MR) is 67.6 cm³/mol. The van der Waals surface area contributed by atoms with Crippen LogP contribution in [0.3, 0.4) is 0 Å². The molecule has 17 heavy (non-hydrogen) atoms. The van der Waals surface area contributed by atoms with Crippen molar-refractivity contribution in [3.63, 3.8) is 0 Å². The summed E-state index contributed by atoms with van der Waals surface area (Å²) in [7, 11) is 1.53. The molecule has 90 valence electrons. The maximum absolute atomic E-state index is 12.0. The Labute approximate surface area is 105 Å². The largest absolute Gasteiger partial charge is 0.496 e. The molecule has 1 aliphatic rings. The minimum absolute atomic E-state index is 0.128. The van der Waals surface area contributed by atoms with Gasteiger partial charge in [-0.2, -0.15) is 0 Å². The van der Waals surface area contributed by atoms with Crippen LogP contribution in [-0.2, 0) is 0 Å². The van der Waals surface area contributed by atoms with Crippen LogP contribution in [0.4, 0.5) is 0 Å². The van der Waals surface area contributed by atoms with Crippen LogP contribution < -0.4 is 10.1 Å². The van der Waals surface area contributed by atoms with Gasteiger partial charge in [0, 0.05) is 11.1 Å². The molecule has 0 saturated heterocycles. The highest BCUT2D eigenvalue weighted by Crippen LogP contribution is 2.23. The first-order valence-electron chi connectivity index (χ1n) is 5.52. The molecule has 0 spiro atoms. The summed E-state index contributed by atoms with van der Waals surface area (Å²) in [5.41, 5.74) is 0.511. The molecule has 4 heteroatoms. The molecule has 1 aromatic carbocycles. The van der Waals surface area contributed by atoms with Gasteiger partial charge < -0.3 is 10.1 Å². The number of halogens is 1. The molecular formula is C13H14ClNO2. The van der Waals surface area contributed by atoms with Crippen LogP contribution in [0.25, 0.3) is 0 Å². The zero-order valence-corrected chi connectivity index (χ0v) is 10.3. The molecule has 0 bridgehead atoms. The fourth-order valence-corrected chi connectivity index (χ4v) is 2.01. The van der Waals surface area contributed by atoms with Crippen molar-refractivity contribution in [3.05, 3.63) is 40.9 Å². The minimum atomic E-state index is -0.130. The molecule has 1 amide bonds. The van der Waals surface area contributed by atoms with E-state index >= 15 is 0 Å². The van der Waals surface area contributed by atoms with Gasteiger partial charge in [-0.05, 0) is 31.0 Å². The third kappa shape index (κ3) is 2.80. The first kappa shape index (κ1) is 12.0. The summed E-state index contributed by atoms with van der Waals surface area (Å²) in [5, 5.41) is 3.50. The molecule has 3 nitrogen and oxygen atoms in total. The Kier molecular flexibility index (Phi) is 3.69. The van der Waals surface area contributed by atoms with Crippen molar-refractivity contribution in [3.8, 4) is 5.75 Å². The highest BCUT2D eigenvalue weighted by molar-refractivity contribution is 6.30. The Bertz CT molecular complexity index is 457. The number of benzene rings is 1. The van der Waals surface area contributed by atoms with Gasteiger partial charge >= 0.3 is 0 Å². The van der Waals surface area contributed by atoms with E-state index in [0.717, 1.165) is 12.8 Å². The number of hydrogen-bond acceptors (Lipinski definition) is 2. The second-order valence-electron chi connectivity index (χ2n) is 3.93. The number of methoxy groups -OCH3 is 1. The normalized spacial score (nSPS) is 18.1. The Morgan fingerprint density at radius 1 is 1.53 bits per heavy atom.